The molecule has 0 radical (unpaired) electrons. The first kappa shape index (κ1) is 30.5. The molecule has 1 aliphatic rings. The fourth-order valence-corrected chi connectivity index (χ4v) is 4.34. The number of nitrogens with one attached hydrogen (secondary N) is 4. The summed E-state index contributed by atoms with van der Waals surface area (Å²) in [6, 6.07) is 4.74. The lowest BCUT2D eigenvalue weighted by atomic mass is 10.0. The van der Waals surface area contributed by atoms with Gasteiger partial charge in [0.15, 0.2) is 0 Å². The Hall–Kier alpha value is -2.69. The molecule has 10 nitrogen and oxygen atoms in total. The van der Waals surface area contributed by atoms with Gasteiger partial charge in [0.2, 0.25) is 11.8 Å². The zero-order valence-electron chi connectivity index (χ0n) is 22.6. The smallest absolute Gasteiger partial charge is 0.328 e. The molecule has 10 heteroatoms. The molecule has 0 unspecified atom stereocenters. The molecule has 1 aromatic carbocycles. The molecule has 1 aliphatic heterocycles. The molecule has 37 heavy (non-hydrogen) atoms. The van der Waals surface area contributed by atoms with Crippen LogP contribution in [0.4, 0.5) is 0 Å². The second-order valence-corrected chi connectivity index (χ2v) is 10.0. The maximum atomic E-state index is 13.2. The summed E-state index contributed by atoms with van der Waals surface area (Å²) in [4.78, 5) is 40.8. The standard InChI is InChI=1S/C27H45N5O5/c1-20(2)17-23(26(35)31-24(27(36)37-3)18-21-7-9-22(33)10-8-21)30-25(34)19-32-15-5-13-28-11-4-12-29-14-6-16-32/h7-10,20,23-24,28-29,33H,4-6,11-19H2,1-3H3,(H,30,34)(H,31,35)/t23-,24-/m0/s1. The number of hydrogen-bond acceptors (Lipinski definition) is 8. The molecule has 0 saturated carbocycles. The van der Waals surface area contributed by atoms with Crippen molar-refractivity contribution in [2.24, 2.45) is 5.92 Å². The van der Waals surface area contributed by atoms with Crippen LogP contribution in [0.3, 0.4) is 0 Å². The average molecular weight is 520 g/mol. The van der Waals surface area contributed by atoms with Gasteiger partial charge in [0.1, 0.15) is 17.8 Å². The van der Waals surface area contributed by atoms with E-state index in [4.69, 9.17) is 4.74 Å². The average Bonchev–Trinajstić information content (AvgIpc) is 2.85. The van der Waals surface area contributed by atoms with Crippen molar-refractivity contribution in [3.8, 4) is 5.75 Å². The van der Waals surface area contributed by atoms with Crippen molar-refractivity contribution in [2.45, 2.75) is 58.0 Å². The molecule has 2 amide bonds. The van der Waals surface area contributed by atoms with Crippen molar-refractivity contribution in [3.63, 3.8) is 0 Å². The highest BCUT2D eigenvalue weighted by atomic mass is 16.5. The van der Waals surface area contributed by atoms with Gasteiger partial charge in [-0.25, -0.2) is 4.79 Å². The Balaban J connectivity index is 2.01. The van der Waals surface area contributed by atoms with Gasteiger partial charge in [-0.3, -0.25) is 14.5 Å². The number of phenolic OH excluding ortho intramolecular Hbond substituents is 1. The van der Waals surface area contributed by atoms with Gasteiger partial charge in [0, 0.05) is 6.42 Å². The molecular weight excluding hydrogens is 474 g/mol. The van der Waals surface area contributed by atoms with Crippen LogP contribution in [-0.2, 0) is 25.5 Å². The Kier molecular flexibility index (Phi) is 14.0. The molecule has 0 aromatic heterocycles. The number of carbonyl (C=O) groups excluding carboxylic acids is 3. The van der Waals surface area contributed by atoms with Crippen molar-refractivity contribution >= 4 is 17.8 Å². The predicted molar refractivity (Wildman–Crippen MR) is 143 cm³/mol. The summed E-state index contributed by atoms with van der Waals surface area (Å²) >= 11 is 0. The van der Waals surface area contributed by atoms with Crippen LogP contribution in [0.1, 0.15) is 45.1 Å². The SMILES string of the molecule is COC(=O)[C@H](Cc1ccc(O)cc1)NC(=O)[C@H](CC(C)C)NC(=O)CN1CCCNCCCNCCC1. The number of aromatic hydroxyl groups is 1. The van der Waals surface area contributed by atoms with E-state index in [0.717, 1.165) is 64.1 Å². The van der Waals surface area contributed by atoms with Gasteiger partial charge in [-0.2, -0.15) is 0 Å². The highest BCUT2D eigenvalue weighted by molar-refractivity contribution is 5.91. The molecule has 2 rings (SSSR count). The summed E-state index contributed by atoms with van der Waals surface area (Å²) in [5.41, 5.74) is 0.761. The second kappa shape index (κ2) is 16.9. The Morgan fingerprint density at radius 3 is 2.11 bits per heavy atom. The van der Waals surface area contributed by atoms with E-state index in [2.05, 4.69) is 26.2 Å². The highest BCUT2D eigenvalue weighted by Crippen LogP contribution is 2.13. The zero-order chi connectivity index (χ0) is 27.0. The molecule has 1 saturated heterocycles. The first-order valence-electron chi connectivity index (χ1n) is 13.4. The number of benzene rings is 1. The van der Waals surface area contributed by atoms with Crippen molar-refractivity contribution < 1.29 is 24.2 Å². The van der Waals surface area contributed by atoms with Crippen LogP contribution in [0.25, 0.3) is 0 Å². The first-order valence-corrected chi connectivity index (χ1v) is 13.4. The predicted octanol–water partition coefficient (Wildman–Crippen LogP) is 0.789. The van der Waals surface area contributed by atoms with Gasteiger partial charge in [0.25, 0.3) is 0 Å². The monoisotopic (exact) mass is 519 g/mol. The van der Waals surface area contributed by atoms with Gasteiger partial charge in [-0.15, -0.1) is 0 Å². The molecule has 5 N–H and O–H groups in total. The van der Waals surface area contributed by atoms with Crippen molar-refractivity contribution in [1.29, 1.82) is 0 Å². The largest absolute Gasteiger partial charge is 0.508 e. The van der Waals surface area contributed by atoms with Crippen molar-refractivity contribution in [3.05, 3.63) is 29.8 Å². The Morgan fingerprint density at radius 2 is 1.54 bits per heavy atom. The second-order valence-electron chi connectivity index (χ2n) is 10.0. The summed E-state index contributed by atoms with van der Waals surface area (Å²) in [6.07, 6.45) is 3.66. The molecule has 0 bridgehead atoms. The van der Waals surface area contributed by atoms with Crippen LogP contribution in [0.2, 0.25) is 0 Å². The molecule has 1 fully saturated rings. The Morgan fingerprint density at radius 1 is 0.946 bits per heavy atom. The minimum absolute atomic E-state index is 0.118. The van der Waals surface area contributed by atoms with Crippen LogP contribution < -0.4 is 21.3 Å². The lowest BCUT2D eigenvalue weighted by molar-refractivity contribution is -0.145. The highest BCUT2D eigenvalue weighted by Gasteiger charge is 2.28. The summed E-state index contributed by atoms with van der Waals surface area (Å²) < 4.78 is 4.90. The van der Waals surface area contributed by atoms with E-state index < -0.39 is 24.0 Å². The van der Waals surface area contributed by atoms with Crippen LogP contribution in [0.5, 0.6) is 5.75 Å². The Bertz CT molecular complexity index is 821. The van der Waals surface area contributed by atoms with E-state index in [1.165, 1.54) is 19.2 Å². The first-order chi connectivity index (χ1) is 17.8. The number of ether oxygens (including phenoxy) is 1. The number of esters is 1. The summed E-state index contributed by atoms with van der Waals surface area (Å²) in [7, 11) is 1.27. The van der Waals surface area contributed by atoms with Crippen molar-refractivity contribution in [2.75, 3.05) is 52.9 Å². The number of nitrogens with zero attached hydrogens (tertiary/aromatic N) is 1. The number of hydrogen-bond donors (Lipinski definition) is 5. The van der Waals surface area contributed by atoms with E-state index >= 15 is 0 Å². The Labute approximate surface area is 220 Å². The van der Waals surface area contributed by atoms with Gasteiger partial charge in [-0.1, -0.05) is 26.0 Å². The lowest BCUT2D eigenvalue weighted by Crippen LogP contribution is -2.54. The minimum atomic E-state index is -0.913. The molecule has 208 valence electrons. The van der Waals surface area contributed by atoms with Gasteiger partial charge in [-0.05, 0) is 88.6 Å². The third kappa shape index (κ3) is 12.4. The van der Waals surface area contributed by atoms with Crippen molar-refractivity contribution in [1.82, 2.24) is 26.2 Å². The number of rotatable bonds is 10. The van der Waals surface area contributed by atoms with Crippen LogP contribution in [0, 0.1) is 5.92 Å². The fourth-order valence-electron chi connectivity index (χ4n) is 4.34. The third-order valence-electron chi connectivity index (χ3n) is 6.27. The number of phenols is 1. The maximum Gasteiger partial charge on any atom is 0.328 e. The van der Waals surface area contributed by atoms with Crippen LogP contribution in [0.15, 0.2) is 24.3 Å². The van der Waals surface area contributed by atoms with E-state index in [-0.39, 0.29) is 30.5 Å². The molecule has 1 heterocycles. The van der Waals surface area contributed by atoms with E-state index in [1.54, 1.807) is 12.1 Å². The normalized spacial score (nSPS) is 17.6. The molecule has 2 atom stereocenters. The number of carbonyl (C=O) groups is 3. The summed E-state index contributed by atoms with van der Waals surface area (Å²) in [6.45, 7) is 9.58. The molecular formula is C27H45N5O5. The number of amides is 2. The zero-order valence-corrected chi connectivity index (χ0v) is 22.6. The van der Waals surface area contributed by atoms with Crippen LogP contribution in [-0.4, -0.2) is 92.8 Å². The van der Waals surface area contributed by atoms with E-state index in [1.807, 2.05) is 13.8 Å². The van der Waals surface area contributed by atoms with E-state index in [9.17, 15) is 19.5 Å². The fraction of sp³-hybridized carbons (Fsp3) is 0.667. The van der Waals surface area contributed by atoms with Gasteiger partial charge in [0.05, 0.1) is 13.7 Å². The maximum absolute atomic E-state index is 13.2. The van der Waals surface area contributed by atoms with Crippen LogP contribution >= 0.6 is 0 Å². The topological polar surface area (TPSA) is 132 Å². The third-order valence-corrected chi connectivity index (χ3v) is 6.27. The van der Waals surface area contributed by atoms with E-state index in [0.29, 0.717) is 6.42 Å². The van der Waals surface area contributed by atoms with Gasteiger partial charge >= 0.3 is 5.97 Å². The number of methoxy groups -OCH3 is 1. The van der Waals surface area contributed by atoms with Gasteiger partial charge < -0.3 is 31.1 Å². The summed E-state index contributed by atoms with van der Waals surface area (Å²) in [5, 5.41) is 22.1. The quantitative estimate of drug-likeness (QED) is 0.287. The molecule has 1 aromatic rings. The minimum Gasteiger partial charge on any atom is -0.508 e. The summed E-state index contributed by atoms with van der Waals surface area (Å²) in [5.74, 6) is -0.923. The lowest BCUT2D eigenvalue weighted by Gasteiger charge is -2.26. The molecule has 0 aliphatic carbocycles. The molecule has 0 spiro atoms.